The summed E-state index contributed by atoms with van der Waals surface area (Å²) < 4.78 is 5.54. The van der Waals surface area contributed by atoms with Crippen LogP contribution in [0.5, 0.6) is 0 Å². The van der Waals surface area contributed by atoms with Crippen LogP contribution in [0.3, 0.4) is 0 Å². The molecule has 0 saturated carbocycles. The molecule has 4 heteroatoms. The van der Waals surface area contributed by atoms with Gasteiger partial charge in [0.15, 0.2) is 0 Å². The summed E-state index contributed by atoms with van der Waals surface area (Å²) in [6.45, 7) is 2.39. The minimum Gasteiger partial charge on any atom is -0.367 e. The van der Waals surface area contributed by atoms with Gasteiger partial charge in [-0.2, -0.15) is 0 Å². The van der Waals surface area contributed by atoms with Crippen LogP contribution in [0, 0.1) is 0 Å². The lowest BCUT2D eigenvalue weighted by molar-refractivity contribution is -0.156. The Labute approximate surface area is 119 Å². The zero-order valence-electron chi connectivity index (χ0n) is 11.7. The van der Waals surface area contributed by atoms with E-state index >= 15 is 0 Å². The van der Waals surface area contributed by atoms with Gasteiger partial charge in [0.1, 0.15) is 12.3 Å². The fourth-order valence-corrected chi connectivity index (χ4v) is 3.82. The molecule has 20 heavy (non-hydrogen) atoms. The van der Waals surface area contributed by atoms with E-state index in [1.165, 1.54) is 36.0 Å². The van der Waals surface area contributed by atoms with E-state index in [1.54, 1.807) is 0 Å². The number of hydrogen-bond donors (Lipinski definition) is 1. The Kier molecular flexibility index (Phi) is 2.82. The second-order valence-electron chi connectivity index (χ2n) is 6.02. The molecule has 2 fully saturated rings. The van der Waals surface area contributed by atoms with Crippen molar-refractivity contribution in [3.8, 4) is 0 Å². The molecule has 0 bridgehead atoms. The lowest BCUT2D eigenvalue weighted by atomic mass is 9.87. The van der Waals surface area contributed by atoms with Crippen LogP contribution >= 0.6 is 0 Å². The van der Waals surface area contributed by atoms with Crippen molar-refractivity contribution in [3.05, 3.63) is 34.9 Å². The number of morpholine rings is 1. The molecule has 0 radical (unpaired) electrons. The van der Waals surface area contributed by atoms with E-state index in [0.29, 0.717) is 6.61 Å². The Balaban J connectivity index is 1.77. The number of carbonyl (C=O) groups is 1. The molecule has 1 unspecified atom stereocenters. The van der Waals surface area contributed by atoms with Crippen LogP contribution in [0.15, 0.2) is 18.2 Å². The lowest BCUT2D eigenvalue weighted by Crippen LogP contribution is -2.58. The third kappa shape index (κ3) is 1.71. The van der Waals surface area contributed by atoms with Crippen molar-refractivity contribution in [2.24, 2.45) is 0 Å². The number of nitrogens with zero attached hydrogens (tertiary/aromatic N) is 1. The summed E-state index contributed by atoms with van der Waals surface area (Å²) in [6, 6.07) is 6.72. The van der Waals surface area contributed by atoms with Crippen molar-refractivity contribution in [2.75, 3.05) is 26.3 Å². The molecule has 2 saturated heterocycles. The minimum atomic E-state index is -0.429. The van der Waals surface area contributed by atoms with Crippen LogP contribution in [-0.2, 0) is 28.0 Å². The average molecular weight is 272 g/mol. The Bertz CT molecular complexity index is 557. The number of amides is 1. The number of fused-ring (bicyclic) bond motifs is 2. The molecular formula is C16H20N2O2. The number of ether oxygens (including phenoxy) is 1. The summed E-state index contributed by atoms with van der Waals surface area (Å²) >= 11 is 0. The van der Waals surface area contributed by atoms with Crippen molar-refractivity contribution in [1.82, 2.24) is 10.2 Å². The van der Waals surface area contributed by atoms with Gasteiger partial charge in [0.2, 0.25) is 5.91 Å². The van der Waals surface area contributed by atoms with E-state index in [2.05, 4.69) is 23.5 Å². The molecule has 1 aliphatic carbocycles. The Hall–Kier alpha value is -1.39. The van der Waals surface area contributed by atoms with Gasteiger partial charge in [-0.15, -0.1) is 0 Å². The average Bonchev–Trinajstić information content (AvgIpc) is 2.93. The number of nitrogens with one attached hydrogen (secondary N) is 1. The molecular weight excluding hydrogens is 252 g/mol. The fraction of sp³-hybridized carbons (Fsp3) is 0.562. The third-order valence-electron chi connectivity index (χ3n) is 4.88. The van der Waals surface area contributed by atoms with Gasteiger partial charge in [0, 0.05) is 13.1 Å². The van der Waals surface area contributed by atoms with Crippen molar-refractivity contribution in [3.63, 3.8) is 0 Å². The highest BCUT2D eigenvalue weighted by Crippen LogP contribution is 2.34. The van der Waals surface area contributed by atoms with Crippen LogP contribution in [0.1, 0.15) is 29.5 Å². The van der Waals surface area contributed by atoms with Crippen LogP contribution in [0.2, 0.25) is 0 Å². The molecule has 106 valence electrons. The molecule has 4 nitrogen and oxygen atoms in total. The first-order chi connectivity index (χ1) is 9.79. The SMILES string of the molecule is O=C1COCC2(c3ccc4c(c3)CCCC4)NCCN12. The van der Waals surface area contributed by atoms with E-state index in [9.17, 15) is 4.79 Å². The predicted octanol–water partition coefficient (Wildman–Crippen LogP) is 1.18. The second kappa shape index (κ2) is 4.57. The van der Waals surface area contributed by atoms with Gasteiger partial charge in [0.25, 0.3) is 0 Å². The van der Waals surface area contributed by atoms with Gasteiger partial charge in [-0.3, -0.25) is 10.1 Å². The number of carbonyl (C=O) groups excluding carboxylic acids is 1. The predicted molar refractivity (Wildman–Crippen MR) is 75.3 cm³/mol. The summed E-state index contributed by atoms with van der Waals surface area (Å²) in [4.78, 5) is 14.1. The molecule has 2 aliphatic heterocycles. The van der Waals surface area contributed by atoms with Crippen LogP contribution in [0.25, 0.3) is 0 Å². The first-order valence-corrected chi connectivity index (χ1v) is 7.55. The highest BCUT2D eigenvalue weighted by molar-refractivity contribution is 5.79. The summed E-state index contributed by atoms with van der Waals surface area (Å²) in [7, 11) is 0. The summed E-state index contributed by atoms with van der Waals surface area (Å²) in [5.41, 5.74) is 3.68. The van der Waals surface area contributed by atoms with E-state index in [4.69, 9.17) is 4.74 Å². The lowest BCUT2D eigenvalue weighted by Gasteiger charge is -2.42. The van der Waals surface area contributed by atoms with Crippen molar-refractivity contribution >= 4 is 5.91 Å². The topological polar surface area (TPSA) is 41.6 Å². The highest BCUT2D eigenvalue weighted by atomic mass is 16.5. The maximum absolute atomic E-state index is 12.1. The zero-order valence-corrected chi connectivity index (χ0v) is 11.7. The molecule has 1 aromatic carbocycles. The van der Waals surface area contributed by atoms with Crippen LogP contribution in [0.4, 0.5) is 0 Å². The van der Waals surface area contributed by atoms with Gasteiger partial charge < -0.3 is 9.64 Å². The Morgan fingerprint density at radius 3 is 2.95 bits per heavy atom. The standard InChI is InChI=1S/C16H20N2O2/c19-15-10-20-11-16(17-7-8-18(15)16)14-6-5-12-3-1-2-4-13(12)9-14/h5-6,9,17H,1-4,7-8,10-11H2. The fourth-order valence-electron chi connectivity index (χ4n) is 3.82. The second-order valence-corrected chi connectivity index (χ2v) is 6.02. The number of hydrogen-bond acceptors (Lipinski definition) is 3. The maximum Gasteiger partial charge on any atom is 0.250 e. The molecule has 2 heterocycles. The molecule has 1 atom stereocenters. The zero-order chi connectivity index (χ0) is 13.6. The van der Waals surface area contributed by atoms with E-state index in [1.807, 2.05) is 4.90 Å². The first-order valence-electron chi connectivity index (χ1n) is 7.55. The van der Waals surface area contributed by atoms with Crippen LogP contribution in [-0.4, -0.2) is 37.1 Å². The minimum absolute atomic E-state index is 0.0963. The number of aryl methyl sites for hydroxylation is 2. The summed E-state index contributed by atoms with van der Waals surface area (Å²) in [5, 5.41) is 3.51. The first kappa shape index (κ1) is 12.4. The van der Waals surface area contributed by atoms with Gasteiger partial charge >= 0.3 is 0 Å². The van der Waals surface area contributed by atoms with Crippen molar-refractivity contribution in [2.45, 2.75) is 31.3 Å². The monoisotopic (exact) mass is 272 g/mol. The maximum atomic E-state index is 12.1. The van der Waals surface area contributed by atoms with E-state index in [0.717, 1.165) is 19.5 Å². The van der Waals surface area contributed by atoms with Gasteiger partial charge in [-0.25, -0.2) is 0 Å². The van der Waals surface area contributed by atoms with Gasteiger partial charge in [-0.1, -0.05) is 18.2 Å². The molecule has 4 rings (SSSR count). The molecule has 0 spiro atoms. The van der Waals surface area contributed by atoms with Gasteiger partial charge in [0.05, 0.1) is 6.61 Å². The number of benzene rings is 1. The third-order valence-corrected chi connectivity index (χ3v) is 4.88. The largest absolute Gasteiger partial charge is 0.367 e. The summed E-state index contributed by atoms with van der Waals surface area (Å²) in [6.07, 6.45) is 4.92. The Morgan fingerprint density at radius 1 is 1.20 bits per heavy atom. The molecule has 0 aromatic heterocycles. The normalized spacial score (nSPS) is 29.2. The van der Waals surface area contributed by atoms with Crippen molar-refractivity contribution in [1.29, 1.82) is 0 Å². The molecule has 1 aromatic rings. The summed E-state index contributed by atoms with van der Waals surface area (Å²) in [5.74, 6) is 0.0963. The highest BCUT2D eigenvalue weighted by Gasteiger charge is 2.48. The van der Waals surface area contributed by atoms with Crippen molar-refractivity contribution < 1.29 is 9.53 Å². The smallest absolute Gasteiger partial charge is 0.250 e. The molecule has 1 N–H and O–H groups in total. The van der Waals surface area contributed by atoms with E-state index in [-0.39, 0.29) is 12.5 Å². The quantitative estimate of drug-likeness (QED) is 0.834. The molecule has 1 amide bonds. The van der Waals surface area contributed by atoms with Crippen LogP contribution < -0.4 is 5.32 Å². The number of rotatable bonds is 1. The van der Waals surface area contributed by atoms with E-state index < -0.39 is 5.66 Å². The van der Waals surface area contributed by atoms with Gasteiger partial charge in [-0.05, 0) is 42.4 Å². The Morgan fingerprint density at radius 2 is 2.05 bits per heavy atom. The molecule has 3 aliphatic rings.